The Balaban J connectivity index is 1.73. The van der Waals surface area contributed by atoms with Gasteiger partial charge < -0.3 is 24.3 Å². The molecule has 1 atom stereocenters. The second kappa shape index (κ2) is 13.9. The van der Waals surface area contributed by atoms with Crippen molar-refractivity contribution >= 4 is 0 Å². The van der Waals surface area contributed by atoms with Crippen molar-refractivity contribution < 1.29 is 18.9 Å². The Hall–Kier alpha value is -0.680. The lowest BCUT2D eigenvalue weighted by Crippen LogP contribution is -2.31. The highest BCUT2D eigenvalue weighted by Crippen LogP contribution is 2.07. The summed E-state index contributed by atoms with van der Waals surface area (Å²) in [5.74, 6) is 2.40. The molecule has 0 aromatic carbocycles. The zero-order chi connectivity index (χ0) is 15.9. The van der Waals surface area contributed by atoms with Gasteiger partial charge in [0.15, 0.2) is 0 Å². The minimum Gasteiger partial charge on any atom is -0.378 e. The summed E-state index contributed by atoms with van der Waals surface area (Å²) in [4.78, 5) is 2.43. The zero-order valence-electron chi connectivity index (χ0n) is 13.7. The Morgan fingerprint density at radius 2 is 1.59 bits per heavy atom. The first-order valence-corrected chi connectivity index (χ1v) is 8.01. The average Bonchev–Trinajstić information content (AvgIpc) is 3.00. The molecule has 6 nitrogen and oxygen atoms in total. The van der Waals surface area contributed by atoms with Gasteiger partial charge in [-0.2, -0.15) is 0 Å². The monoisotopic (exact) mass is 314 g/mol. The van der Waals surface area contributed by atoms with Crippen LogP contribution in [0.3, 0.4) is 0 Å². The molecule has 1 rings (SSSR count). The molecule has 0 saturated carbocycles. The molecule has 1 unspecified atom stereocenters. The number of likely N-dealkylation sites (tertiary alicyclic amines) is 1. The molecule has 128 valence electrons. The van der Waals surface area contributed by atoms with E-state index in [1.165, 1.54) is 6.42 Å². The van der Waals surface area contributed by atoms with E-state index in [0.717, 1.165) is 26.2 Å². The van der Waals surface area contributed by atoms with E-state index in [-0.39, 0.29) is 0 Å². The van der Waals surface area contributed by atoms with Gasteiger partial charge in [-0.25, -0.2) is 0 Å². The van der Waals surface area contributed by atoms with Gasteiger partial charge in [-0.05, 0) is 20.0 Å². The van der Waals surface area contributed by atoms with Gasteiger partial charge >= 0.3 is 0 Å². The van der Waals surface area contributed by atoms with E-state index in [1.807, 2.05) is 7.05 Å². The summed E-state index contributed by atoms with van der Waals surface area (Å²) in [6, 6.07) is 0.639. The minimum absolute atomic E-state index is 0.338. The SMILES string of the molecule is C#CCOCCOCCOCCOCCN1CCC(NC)C1. The maximum atomic E-state index is 5.57. The Bertz CT molecular complexity index is 296. The molecule has 1 heterocycles. The summed E-state index contributed by atoms with van der Waals surface area (Å²) in [6.07, 6.45) is 6.28. The number of terminal acetylenes is 1. The molecule has 1 fully saturated rings. The molecule has 0 aromatic heterocycles. The largest absolute Gasteiger partial charge is 0.378 e. The number of hydrogen-bond donors (Lipinski definition) is 1. The molecule has 6 heteroatoms. The average molecular weight is 314 g/mol. The quantitative estimate of drug-likeness (QED) is 0.359. The molecule has 1 aliphatic heterocycles. The Morgan fingerprint density at radius 3 is 2.14 bits per heavy atom. The van der Waals surface area contributed by atoms with E-state index in [2.05, 4.69) is 16.1 Å². The standard InChI is InChI=1S/C16H30N2O4/c1-3-7-19-9-11-21-13-14-22-12-10-20-8-6-18-5-4-16(15-18)17-2/h1,16-17H,4-15H2,2H3. The molecular formula is C16H30N2O4. The molecule has 1 saturated heterocycles. The van der Waals surface area contributed by atoms with Crippen molar-refractivity contribution in [2.75, 3.05) is 79.5 Å². The van der Waals surface area contributed by atoms with Crippen LogP contribution in [-0.4, -0.2) is 90.5 Å². The van der Waals surface area contributed by atoms with Crippen LogP contribution >= 0.6 is 0 Å². The fourth-order valence-electron chi connectivity index (χ4n) is 2.26. The van der Waals surface area contributed by atoms with Crippen LogP contribution in [0.5, 0.6) is 0 Å². The van der Waals surface area contributed by atoms with Crippen LogP contribution in [0.1, 0.15) is 6.42 Å². The predicted molar refractivity (Wildman–Crippen MR) is 86.0 cm³/mol. The first-order chi connectivity index (χ1) is 10.9. The topological polar surface area (TPSA) is 52.2 Å². The number of likely N-dealkylation sites (N-methyl/N-ethyl adjacent to an activating group) is 1. The first-order valence-electron chi connectivity index (χ1n) is 8.01. The minimum atomic E-state index is 0.338. The van der Waals surface area contributed by atoms with Crippen LogP contribution in [-0.2, 0) is 18.9 Å². The molecule has 0 aromatic rings. The van der Waals surface area contributed by atoms with E-state index in [4.69, 9.17) is 25.4 Å². The van der Waals surface area contributed by atoms with Crippen LogP contribution in [0.2, 0.25) is 0 Å². The maximum absolute atomic E-state index is 5.57. The van der Waals surface area contributed by atoms with E-state index in [9.17, 15) is 0 Å². The molecular weight excluding hydrogens is 284 g/mol. The smallest absolute Gasteiger partial charge is 0.107 e. The first kappa shape index (κ1) is 19.4. The van der Waals surface area contributed by atoms with Gasteiger partial charge in [0, 0.05) is 19.1 Å². The molecule has 0 aliphatic carbocycles. The van der Waals surface area contributed by atoms with Crippen molar-refractivity contribution in [2.45, 2.75) is 12.5 Å². The summed E-state index contributed by atoms with van der Waals surface area (Å²) < 4.78 is 21.4. The summed E-state index contributed by atoms with van der Waals surface area (Å²) in [5.41, 5.74) is 0. The van der Waals surface area contributed by atoms with Gasteiger partial charge in [0.2, 0.25) is 0 Å². The van der Waals surface area contributed by atoms with Crippen molar-refractivity contribution in [3.05, 3.63) is 0 Å². The lowest BCUT2D eigenvalue weighted by atomic mass is 10.3. The van der Waals surface area contributed by atoms with Gasteiger partial charge in [0.25, 0.3) is 0 Å². The van der Waals surface area contributed by atoms with Crippen LogP contribution in [0, 0.1) is 12.3 Å². The van der Waals surface area contributed by atoms with Crippen molar-refractivity contribution in [2.24, 2.45) is 0 Å². The number of nitrogens with one attached hydrogen (secondary N) is 1. The summed E-state index contributed by atoms with van der Waals surface area (Å²) in [6.45, 7) is 7.85. The summed E-state index contributed by atoms with van der Waals surface area (Å²) in [5, 5.41) is 3.31. The molecule has 1 aliphatic rings. The van der Waals surface area contributed by atoms with E-state index in [1.54, 1.807) is 0 Å². The second-order valence-corrected chi connectivity index (χ2v) is 5.17. The van der Waals surface area contributed by atoms with Crippen molar-refractivity contribution in [3.63, 3.8) is 0 Å². The second-order valence-electron chi connectivity index (χ2n) is 5.17. The maximum Gasteiger partial charge on any atom is 0.107 e. The Labute approximate surface area is 134 Å². The highest BCUT2D eigenvalue weighted by molar-refractivity contribution is 4.82. The van der Waals surface area contributed by atoms with E-state index >= 15 is 0 Å². The third-order valence-corrected chi connectivity index (χ3v) is 3.53. The van der Waals surface area contributed by atoms with Gasteiger partial charge in [0.1, 0.15) is 6.61 Å². The molecule has 0 amide bonds. The predicted octanol–water partition coefficient (Wildman–Crippen LogP) is -0.0203. The van der Waals surface area contributed by atoms with Crippen LogP contribution in [0.25, 0.3) is 0 Å². The molecule has 0 bridgehead atoms. The third kappa shape index (κ3) is 10.1. The molecule has 0 spiro atoms. The third-order valence-electron chi connectivity index (χ3n) is 3.53. The van der Waals surface area contributed by atoms with E-state index < -0.39 is 0 Å². The normalized spacial score (nSPS) is 18.6. The molecule has 1 N–H and O–H groups in total. The zero-order valence-corrected chi connectivity index (χ0v) is 13.7. The van der Waals surface area contributed by atoms with Crippen molar-refractivity contribution in [1.82, 2.24) is 10.2 Å². The molecule has 0 radical (unpaired) electrons. The number of nitrogens with zero attached hydrogens (tertiary/aromatic N) is 1. The van der Waals surface area contributed by atoms with Gasteiger partial charge in [-0.3, -0.25) is 4.90 Å². The molecule has 22 heavy (non-hydrogen) atoms. The summed E-state index contributed by atoms with van der Waals surface area (Å²) in [7, 11) is 2.02. The highest BCUT2D eigenvalue weighted by atomic mass is 16.6. The van der Waals surface area contributed by atoms with Crippen LogP contribution < -0.4 is 5.32 Å². The fourth-order valence-corrected chi connectivity index (χ4v) is 2.26. The number of hydrogen-bond acceptors (Lipinski definition) is 6. The van der Waals surface area contributed by atoms with Crippen LogP contribution in [0.4, 0.5) is 0 Å². The number of ether oxygens (including phenoxy) is 4. The lowest BCUT2D eigenvalue weighted by molar-refractivity contribution is -0.000551. The van der Waals surface area contributed by atoms with Crippen LogP contribution in [0.15, 0.2) is 0 Å². The number of rotatable bonds is 14. The summed E-state index contributed by atoms with van der Waals surface area (Å²) >= 11 is 0. The van der Waals surface area contributed by atoms with Gasteiger partial charge in [-0.15, -0.1) is 6.42 Å². The highest BCUT2D eigenvalue weighted by Gasteiger charge is 2.19. The van der Waals surface area contributed by atoms with Crippen molar-refractivity contribution in [3.8, 4) is 12.3 Å². The lowest BCUT2D eigenvalue weighted by Gasteiger charge is -2.15. The Morgan fingerprint density at radius 1 is 1.00 bits per heavy atom. The fraction of sp³-hybridized carbons (Fsp3) is 0.875. The van der Waals surface area contributed by atoms with Gasteiger partial charge in [0.05, 0.1) is 46.2 Å². The van der Waals surface area contributed by atoms with Gasteiger partial charge in [-0.1, -0.05) is 5.92 Å². The van der Waals surface area contributed by atoms with E-state index in [0.29, 0.717) is 52.3 Å². The Kier molecular flexibility index (Phi) is 12.3. The van der Waals surface area contributed by atoms with Crippen molar-refractivity contribution in [1.29, 1.82) is 0 Å².